The number of aromatic nitrogens is 1. The van der Waals surface area contributed by atoms with E-state index in [9.17, 15) is 0 Å². The molecule has 0 bridgehead atoms. The molecule has 338 valence electrons. The Kier molecular flexibility index (Phi) is 8.66. The third-order valence-corrected chi connectivity index (χ3v) is 16.4. The molecule has 0 saturated heterocycles. The third-order valence-electron chi connectivity index (χ3n) is 16.4. The first-order valence-electron chi connectivity index (χ1n) is 25.3. The van der Waals surface area contributed by atoms with Crippen molar-refractivity contribution in [3.63, 3.8) is 0 Å². The Bertz CT molecular complexity index is 4090. The zero-order valence-electron chi connectivity index (χ0n) is 40.1. The van der Waals surface area contributed by atoms with Crippen molar-refractivity contribution in [2.24, 2.45) is 0 Å². The summed E-state index contributed by atoms with van der Waals surface area (Å²) in [5.41, 5.74) is 26.4. The number of nitrogens with zero attached hydrogens (tertiary/aromatic N) is 2. The van der Waals surface area contributed by atoms with Gasteiger partial charge in [-0.2, -0.15) is 0 Å². The van der Waals surface area contributed by atoms with Crippen molar-refractivity contribution in [1.82, 2.24) is 4.57 Å². The molecule has 3 aliphatic carbocycles. The number of anilines is 3. The van der Waals surface area contributed by atoms with Crippen molar-refractivity contribution in [3.8, 4) is 61.3 Å². The van der Waals surface area contributed by atoms with Gasteiger partial charge in [-0.15, -0.1) is 0 Å². The van der Waals surface area contributed by atoms with Crippen LogP contribution in [0.2, 0.25) is 0 Å². The molecule has 0 aliphatic heterocycles. The molecule has 1 aromatic heterocycles. The monoisotopic (exact) mass is 916 g/mol. The molecule has 0 N–H and O–H groups in total. The van der Waals surface area contributed by atoms with Crippen molar-refractivity contribution in [2.75, 3.05) is 4.90 Å². The van der Waals surface area contributed by atoms with Crippen LogP contribution >= 0.6 is 0 Å². The van der Waals surface area contributed by atoms with E-state index < -0.39 is 5.41 Å². The fourth-order valence-corrected chi connectivity index (χ4v) is 13.3. The van der Waals surface area contributed by atoms with Gasteiger partial charge in [-0.25, -0.2) is 0 Å². The molecule has 0 atom stereocenters. The van der Waals surface area contributed by atoms with E-state index in [1.165, 1.54) is 111 Å². The van der Waals surface area contributed by atoms with Crippen LogP contribution in [0.25, 0.3) is 83.1 Å². The molecule has 12 aromatic rings. The van der Waals surface area contributed by atoms with Gasteiger partial charge in [0.1, 0.15) is 0 Å². The number of rotatable bonds is 5. The minimum absolute atomic E-state index is 0.174. The Labute approximate surface area is 420 Å². The Morgan fingerprint density at radius 3 is 1.33 bits per heavy atom. The summed E-state index contributed by atoms with van der Waals surface area (Å²) in [5.74, 6) is 0. The van der Waals surface area contributed by atoms with E-state index in [1.54, 1.807) is 0 Å². The lowest BCUT2D eigenvalue weighted by molar-refractivity contribution is 0.660. The molecule has 1 spiro atoms. The van der Waals surface area contributed by atoms with Crippen LogP contribution in [-0.4, -0.2) is 4.57 Å². The highest BCUT2D eigenvalue weighted by Gasteiger charge is 2.50. The van der Waals surface area contributed by atoms with E-state index in [2.05, 4.69) is 278 Å². The minimum Gasteiger partial charge on any atom is -0.310 e. The smallest absolute Gasteiger partial charge is 0.0727 e. The molecule has 15 rings (SSSR count). The summed E-state index contributed by atoms with van der Waals surface area (Å²) in [6.07, 6.45) is 0. The van der Waals surface area contributed by atoms with Crippen LogP contribution in [0.3, 0.4) is 0 Å². The van der Waals surface area contributed by atoms with Crippen molar-refractivity contribution in [2.45, 2.75) is 24.7 Å². The highest BCUT2D eigenvalue weighted by Crippen LogP contribution is 2.63. The van der Waals surface area contributed by atoms with Gasteiger partial charge in [0.2, 0.25) is 0 Å². The van der Waals surface area contributed by atoms with E-state index >= 15 is 0 Å². The Hall–Kier alpha value is -8.98. The maximum absolute atomic E-state index is 2.55. The summed E-state index contributed by atoms with van der Waals surface area (Å²) in [4.78, 5) is 2.53. The number of hydrogen-bond acceptors (Lipinski definition) is 1. The maximum atomic E-state index is 2.55. The van der Waals surface area contributed by atoms with Gasteiger partial charge in [0, 0.05) is 38.8 Å². The normalized spacial score (nSPS) is 13.9. The van der Waals surface area contributed by atoms with Crippen molar-refractivity contribution >= 4 is 38.9 Å². The van der Waals surface area contributed by atoms with Crippen LogP contribution in [-0.2, 0) is 10.8 Å². The van der Waals surface area contributed by atoms with E-state index in [0.29, 0.717) is 0 Å². The quantitative estimate of drug-likeness (QED) is 0.167. The van der Waals surface area contributed by atoms with Gasteiger partial charge >= 0.3 is 0 Å². The average molecular weight is 917 g/mol. The lowest BCUT2D eigenvalue weighted by Crippen LogP contribution is -2.29. The predicted octanol–water partition coefficient (Wildman–Crippen LogP) is 18.2. The molecular weight excluding hydrogens is 869 g/mol. The second-order valence-corrected chi connectivity index (χ2v) is 20.3. The number of hydrogen-bond donors (Lipinski definition) is 0. The summed E-state index contributed by atoms with van der Waals surface area (Å²) in [5, 5.41) is 2.51. The van der Waals surface area contributed by atoms with E-state index in [4.69, 9.17) is 0 Å². The predicted molar refractivity (Wildman–Crippen MR) is 300 cm³/mol. The van der Waals surface area contributed by atoms with Crippen LogP contribution in [0.5, 0.6) is 0 Å². The number of fused-ring (bicyclic) bond motifs is 18. The standard InChI is InChI=1S/C70H48N2/c1-69(2)60-30-14-8-27-54(60)55-39-36-46(42-63(55)69)71(66-33-17-11-22-49(66)45-20-4-3-5-21-45)47-37-40-56-57-41-38-48(72-67-34-18-12-28-58(67)59-29-13-19-35-68(59)72)44-65(57)70(64(56)43-47)61-31-15-9-25-52(61)50-23-6-7-24-51(50)53-26-10-16-32-62(53)70/h3-44H,1-2H3. The molecule has 0 fully saturated rings. The van der Waals surface area contributed by atoms with E-state index in [1.807, 2.05) is 0 Å². The van der Waals surface area contributed by atoms with Crippen molar-refractivity contribution < 1.29 is 0 Å². The van der Waals surface area contributed by atoms with Gasteiger partial charge < -0.3 is 9.47 Å². The van der Waals surface area contributed by atoms with Gasteiger partial charge in [-0.3, -0.25) is 0 Å². The first-order valence-corrected chi connectivity index (χ1v) is 25.3. The van der Waals surface area contributed by atoms with Crippen molar-refractivity contribution in [3.05, 3.63) is 288 Å². The SMILES string of the molecule is CC1(C)c2ccccc2-c2ccc(N(c3ccc4c(c3)C3(c5ccccc5-c5ccccc5-c5ccccc53)c3cc(-n5c6ccccc6c6ccccc65)ccc3-4)c3ccccc3-c3ccccc3)cc21. The molecule has 11 aromatic carbocycles. The van der Waals surface area contributed by atoms with Crippen LogP contribution in [0, 0.1) is 0 Å². The van der Waals surface area contributed by atoms with Crippen LogP contribution in [0.15, 0.2) is 255 Å². The van der Waals surface area contributed by atoms with E-state index in [-0.39, 0.29) is 5.41 Å². The fraction of sp³-hybridized carbons (Fsp3) is 0.0571. The molecular formula is C70H48N2. The van der Waals surface area contributed by atoms with Gasteiger partial charge in [-0.1, -0.05) is 214 Å². The molecule has 0 saturated carbocycles. The van der Waals surface area contributed by atoms with Crippen LogP contribution in [0.4, 0.5) is 17.1 Å². The summed E-state index contributed by atoms with van der Waals surface area (Å²) >= 11 is 0. The number of para-hydroxylation sites is 3. The summed E-state index contributed by atoms with van der Waals surface area (Å²) < 4.78 is 2.48. The summed E-state index contributed by atoms with van der Waals surface area (Å²) in [6.45, 7) is 4.76. The Morgan fingerprint density at radius 1 is 0.306 bits per heavy atom. The highest BCUT2D eigenvalue weighted by molar-refractivity contribution is 6.09. The largest absolute Gasteiger partial charge is 0.310 e. The first kappa shape index (κ1) is 40.9. The summed E-state index contributed by atoms with van der Waals surface area (Å²) in [7, 11) is 0. The third kappa shape index (κ3) is 5.55. The molecule has 0 amide bonds. The van der Waals surface area contributed by atoms with Gasteiger partial charge in [0.15, 0.2) is 0 Å². The lowest BCUT2D eigenvalue weighted by atomic mass is 9.66. The molecule has 3 aliphatic rings. The molecule has 1 heterocycles. The van der Waals surface area contributed by atoms with Gasteiger partial charge in [0.05, 0.1) is 22.1 Å². The van der Waals surface area contributed by atoms with Gasteiger partial charge in [0.25, 0.3) is 0 Å². The van der Waals surface area contributed by atoms with Crippen molar-refractivity contribution in [1.29, 1.82) is 0 Å². The summed E-state index contributed by atoms with van der Waals surface area (Å²) in [6, 6.07) is 95.8. The Balaban J connectivity index is 1.05. The number of benzene rings is 11. The highest BCUT2D eigenvalue weighted by atomic mass is 15.1. The molecule has 0 unspecified atom stereocenters. The first-order chi connectivity index (χ1) is 35.5. The molecule has 0 radical (unpaired) electrons. The Morgan fingerprint density at radius 2 is 0.722 bits per heavy atom. The molecule has 2 heteroatoms. The van der Waals surface area contributed by atoms with Crippen LogP contribution in [0.1, 0.15) is 47.2 Å². The zero-order chi connectivity index (χ0) is 47.7. The van der Waals surface area contributed by atoms with E-state index in [0.717, 1.165) is 22.7 Å². The minimum atomic E-state index is -0.714. The molecule has 72 heavy (non-hydrogen) atoms. The van der Waals surface area contributed by atoms with Gasteiger partial charge in [-0.05, 0) is 138 Å². The second-order valence-electron chi connectivity index (χ2n) is 20.3. The zero-order valence-corrected chi connectivity index (χ0v) is 40.1. The second kappa shape index (κ2) is 15.3. The maximum Gasteiger partial charge on any atom is 0.0727 e. The van der Waals surface area contributed by atoms with Crippen LogP contribution < -0.4 is 4.90 Å². The average Bonchev–Trinajstić information content (AvgIpc) is 3.99. The topological polar surface area (TPSA) is 8.17 Å². The fourth-order valence-electron chi connectivity index (χ4n) is 13.3. The lowest BCUT2D eigenvalue weighted by Gasteiger charge is -2.36. The molecule has 2 nitrogen and oxygen atoms in total.